The van der Waals surface area contributed by atoms with Crippen molar-refractivity contribution in [3.63, 3.8) is 0 Å². The summed E-state index contributed by atoms with van der Waals surface area (Å²) >= 11 is 0. The zero-order chi connectivity index (χ0) is 29.7. The molecular formula is C25H32FN6O7P. The minimum absolute atomic E-state index is 0.0158. The Morgan fingerprint density at radius 1 is 1.50 bits per heavy atom. The summed E-state index contributed by atoms with van der Waals surface area (Å²) < 4.78 is 51.5. The quantitative estimate of drug-likeness (QED) is 0.0932. The van der Waals surface area contributed by atoms with E-state index < -0.39 is 55.2 Å². The predicted octanol–water partition coefficient (Wildman–Crippen LogP) is 2.85. The molecule has 5 atom stereocenters. The number of amidine groups is 1. The number of hydrazine groups is 1. The first-order chi connectivity index (χ1) is 18.9. The van der Waals surface area contributed by atoms with Gasteiger partial charge in [-0.05, 0) is 39.3 Å². The molecule has 40 heavy (non-hydrogen) atoms. The number of ether oxygens (including phenoxy) is 2. The van der Waals surface area contributed by atoms with E-state index in [1.54, 1.807) is 37.3 Å². The molecule has 2 aliphatic rings. The molecule has 1 aromatic carbocycles. The van der Waals surface area contributed by atoms with Gasteiger partial charge in [0.2, 0.25) is 5.67 Å². The molecule has 2 aliphatic heterocycles. The summed E-state index contributed by atoms with van der Waals surface area (Å²) in [7, 11) is -4.38. The van der Waals surface area contributed by atoms with Crippen molar-refractivity contribution in [1.82, 2.24) is 10.1 Å². The molecule has 6 N–H and O–H groups in total. The molecule has 2 unspecified atom stereocenters. The van der Waals surface area contributed by atoms with Crippen LogP contribution in [0.2, 0.25) is 0 Å². The number of carbonyl (C=O) groups is 1. The molecule has 0 fully saturated rings. The van der Waals surface area contributed by atoms with E-state index in [0.717, 1.165) is 11.9 Å². The van der Waals surface area contributed by atoms with Crippen molar-refractivity contribution >= 4 is 19.6 Å². The Morgan fingerprint density at radius 2 is 2.17 bits per heavy atom. The van der Waals surface area contributed by atoms with E-state index in [-0.39, 0.29) is 30.3 Å². The van der Waals surface area contributed by atoms with Gasteiger partial charge in [0, 0.05) is 6.20 Å². The molecule has 0 aromatic heterocycles. The van der Waals surface area contributed by atoms with Crippen LogP contribution in [0, 0.1) is 11.3 Å². The average molecular weight is 579 g/mol. The van der Waals surface area contributed by atoms with Gasteiger partial charge in [0.15, 0.2) is 11.5 Å². The summed E-state index contributed by atoms with van der Waals surface area (Å²) in [6.45, 7) is 6.67. The lowest BCUT2D eigenvalue weighted by Gasteiger charge is -2.39. The number of aliphatic hydroxyl groups excluding tert-OH is 1. The lowest BCUT2D eigenvalue weighted by Crippen LogP contribution is -2.61. The molecule has 15 heteroatoms. The summed E-state index contributed by atoms with van der Waals surface area (Å²) in [4.78, 5) is 16.0. The third kappa shape index (κ3) is 5.83. The standard InChI is InChI=1S/C25H32FN6O7P/c1-5-30-22(28)18-12-13-20(32(18)29)25(15-27)24(4,26)21(33)19(38-25)14-37-40(35,31-16(3)23(34)36-6-2)39-17-10-8-7-9-11-17/h5,7-12,16,20,33H,1,6,13-14,29H2,2-4H3,(H2,28,30)(H,31,35)/t16-,20?,24+,25-,40?/m0/s1. The van der Waals surface area contributed by atoms with E-state index in [1.165, 1.54) is 25.3 Å². The summed E-state index contributed by atoms with van der Waals surface area (Å²) in [5, 5.41) is 24.4. The first-order valence-electron chi connectivity index (χ1n) is 12.2. The third-order valence-electron chi connectivity index (χ3n) is 6.29. The second kappa shape index (κ2) is 12.1. The van der Waals surface area contributed by atoms with Crippen molar-refractivity contribution in [2.24, 2.45) is 16.6 Å². The number of para-hydroxylation sites is 1. The number of carbonyl (C=O) groups excluding carboxylic acids is 1. The third-order valence-corrected chi connectivity index (χ3v) is 7.92. The molecule has 216 valence electrons. The van der Waals surface area contributed by atoms with Gasteiger partial charge in [-0.25, -0.2) is 19.8 Å². The number of alkyl halides is 1. The van der Waals surface area contributed by atoms with Crippen molar-refractivity contribution in [2.45, 2.75) is 50.5 Å². The highest BCUT2D eigenvalue weighted by Crippen LogP contribution is 2.51. The average Bonchev–Trinajstić information content (AvgIpc) is 3.38. The zero-order valence-corrected chi connectivity index (χ0v) is 23.1. The van der Waals surface area contributed by atoms with Gasteiger partial charge in [-0.3, -0.25) is 14.3 Å². The van der Waals surface area contributed by atoms with Crippen LogP contribution in [0.5, 0.6) is 5.75 Å². The number of nitrogens with one attached hydrogen (secondary N) is 1. The number of hydrogen-bond donors (Lipinski definition) is 4. The van der Waals surface area contributed by atoms with Crippen molar-refractivity contribution in [1.29, 1.82) is 5.26 Å². The van der Waals surface area contributed by atoms with Gasteiger partial charge in [0.25, 0.3) is 5.60 Å². The molecule has 0 aliphatic carbocycles. The number of rotatable bonds is 12. The van der Waals surface area contributed by atoms with E-state index in [0.29, 0.717) is 0 Å². The number of nitriles is 1. The topological polar surface area (TPSA) is 195 Å². The van der Waals surface area contributed by atoms with Gasteiger partial charge in [-0.1, -0.05) is 30.9 Å². The monoisotopic (exact) mass is 578 g/mol. The van der Waals surface area contributed by atoms with Crippen LogP contribution < -0.4 is 21.2 Å². The molecule has 0 spiro atoms. The number of aliphatic imine (C=N–C) groups is 1. The highest BCUT2D eigenvalue weighted by Gasteiger charge is 2.67. The second-order valence-corrected chi connectivity index (χ2v) is 10.6. The molecule has 0 bridgehead atoms. The van der Waals surface area contributed by atoms with Crippen LogP contribution in [0.1, 0.15) is 27.2 Å². The van der Waals surface area contributed by atoms with Gasteiger partial charge >= 0.3 is 13.7 Å². The fraction of sp³-hybridized carbons (Fsp3) is 0.400. The molecule has 13 nitrogen and oxygen atoms in total. The predicted molar refractivity (Wildman–Crippen MR) is 143 cm³/mol. The number of nitrogens with zero attached hydrogens (tertiary/aromatic N) is 3. The maximum Gasteiger partial charge on any atom is 0.459 e. The Hall–Kier alpha value is -3.89. The van der Waals surface area contributed by atoms with Gasteiger partial charge in [0.05, 0.1) is 12.3 Å². The normalized spacial score (nSPS) is 26.8. The smallest absolute Gasteiger partial charge is 0.459 e. The van der Waals surface area contributed by atoms with Gasteiger partial charge < -0.3 is 24.8 Å². The van der Waals surface area contributed by atoms with Crippen LogP contribution in [0.25, 0.3) is 0 Å². The highest BCUT2D eigenvalue weighted by molar-refractivity contribution is 7.52. The minimum atomic E-state index is -4.38. The first kappa shape index (κ1) is 30.6. The Kier molecular flexibility index (Phi) is 9.27. The summed E-state index contributed by atoms with van der Waals surface area (Å²) in [6.07, 6.45) is 2.75. The molecule has 0 amide bonds. The number of esters is 1. The maximum absolute atomic E-state index is 16.2. The Balaban J connectivity index is 1.87. The van der Waals surface area contributed by atoms with E-state index in [4.69, 9.17) is 30.1 Å². The summed E-state index contributed by atoms with van der Waals surface area (Å²) in [5.74, 6) is 4.06. The lowest BCUT2D eigenvalue weighted by molar-refractivity contribution is -0.144. The van der Waals surface area contributed by atoms with Crippen molar-refractivity contribution in [3.05, 3.63) is 66.4 Å². The fourth-order valence-electron chi connectivity index (χ4n) is 4.24. The Labute approximate surface area is 231 Å². The molecule has 3 rings (SSSR count). The highest BCUT2D eigenvalue weighted by atomic mass is 31.2. The fourth-order valence-corrected chi connectivity index (χ4v) is 5.69. The van der Waals surface area contributed by atoms with Crippen molar-refractivity contribution in [2.75, 3.05) is 13.2 Å². The molecule has 0 saturated heterocycles. The van der Waals surface area contributed by atoms with E-state index in [1.807, 2.05) is 0 Å². The molecule has 0 saturated carbocycles. The number of aliphatic hydroxyl groups is 1. The molecule has 0 radical (unpaired) electrons. The number of benzene rings is 1. The van der Waals surface area contributed by atoms with Crippen LogP contribution in [-0.2, 0) is 23.4 Å². The van der Waals surface area contributed by atoms with Crippen molar-refractivity contribution < 1.29 is 37.4 Å². The van der Waals surface area contributed by atoms with Gasteiger partial charge in [-0.2, -0.15) is 10.3 Å². The number of hydrogen-bond acceptors (Lipinski definition) is 11. The van der Waals surface area contributed by atoms with Crippen LogP contribution in [0.3, 0.4) is 0 Å². The van der Waals surface area contributed by atoms with Crippen LogP contribution in [0.4, 0.5) is 4.39 Å². The van der Waals surface area contributed by atoms with Gasteiger partial charge in [-0.15, -0.1) is 0 Å². The van der Waals surface area contributed by atoms with Crippen LogP contribution in [-0.4, -0.2) is 58.5 Å². The number of nitrogens with two attached hydrogens (primary N) is 2. The Morgan fingerprint density at radius 3 is 2.77 bits per heavy atom. The van der Waals surface area contributed by atoms with Crippen LogP contribution in [0.15, 0.2) is 71.4 Å². The SMILES string of the molecule is C=CN=C(N)C1=CCC([C@]2(C#N)OC(COP(=O)(N[C@@H](C)C(=O)OCC)Oc3ccccc3)=C(O)[C@@]2(C)F)N1N. The molecule has 2 heterocycles. The largest absolute Gasteiger partial charge is 0.506 e. The molecule has 1 aromatic rings. The minimum Gasteiger partial charge on any atom is -0.506 e. The van der Waals surface area contributed by atoms with E-state index >= 15 is 4.39 Å². The van der Waals surface area contributed by atoms with Crippen LogP contribution >= 0.6 is 7.75 Å². The second-order valence-electron chi connectivity index (χ2n) is 8.95. The van der Waals surface area contributed by atoms with Crippen molar-refractivity contribution in [3.8, 4) is 11.8 Å². The van der Waals surface area contributed by atoms with Gasteiger partial charge in [0.1, 0.15) is 36.3 Å². The molecular weight excluding hydrogens is 546 g/mol. The summed E-state index contributed by atoms with van der Waals surface area (Å²) in [6, 6.07) is 7.44. The summed E-state index contributed by atoms with van der Waals surface area (Å²) in [5.41, 5.74) is 0.949. The first-order valence-corrected chi connectivity index (χ1v) is 13.7. The maximum atomic E-state index is 16.2. The lowest BCUT2D eigenvalue weighted by atomic mass is 9.80. The zero-order valence-electron chi connectivity index (χ0n) is 22.2. The Bertz CT molecular complexity index is 1310. The van der Waals surface area contributed by atoms with E-state index in [9.17, 15) is 19.7 Å². The number of halogens is 1. The van der Waals surface area contributed by atoms with E-state index in [2.05, 4.69) is 16.7 Å².